The number of halogens is 1. The van der Waals surface area contributed by atoms with Crippen LogP contribution in [0, 0.1) is 5.82 Å². The van der Waals surface area contributed by atoms with Crippen LogP contribution in [0.15, 0.2) is 53.5 Å². The number of nitrogens with two attached hydrogens (primary N) is 1. The van der Waals surface area contributed by atoms with Crippen LogP contribution in [0.5, 0.6) is 0 Å². The van der Waals surface area contributed by atoms with Crippen molar-refractivity contribution < 1.29 is 4.39 Å². The Labute approximate surface area is 191 Å². The minimum atomic E-state index is -0.258. The smallest absolute Gasteiger partial charge is 0.222 e. The first-order valence-corrected chi connectivity index (χ1v) is 11.2. The Bertz CT molecular complexity index is 1280. The number of aliphatic imine (C=N–C) groups is 1. The number of amidine groups is 1. The molecular weight excluding hydrogens is 417 g/mol. The van der Waals surface area contributed by atoms with Gasteiger partial charge in [-0.15, -0.1) is 0 Å². The number of nitrogens with zero attached hydrogens (tertiary/aromatic N) is 5. The van der Waals surface area contributed by atoms with E-state index in [2.05, 4.69) is 43.3 Å². The molecule has 3 aromatic rings. The average Bonchev–Trinajstić information content (AvgIpc) is 3.35. The van der Waals surface area contributed by atoms with E-state index in [4.69, 9.17) is 10.7 Å². The predicted molar refractivity (Wildman–Crippen MR) is 131 cm³/mol. The van der Waals surface area contributed by atoms with E-state index in [1.807, 2.05) is 30.3 Å². The third-order valence-corrected chi connectivity index (χ3v) is 6.33. The average molecular weight is 442 g/mol. The van der Waals surface area contributed by atoms with Gasteiger partial charge in [-0.3, -0.25) is 4.99 Å². The van der Waals surface area contributed by atoms with Gasteiger partial charge in [-0.05, 0) is 23.8 Å². The van der Waals surface area contributed by atoms with Gasteiger partial charge >= 0.3 is 0 Å². The molecule has 0 bridgehead atoms. The van der Waals surface area contributed by atoms with E-state index in [0.717, 1.165) is 61.1 Å². The van der Waals surface area contributed by atoms with Crippen molar-refractivity contribution in [1.29, 1.82) is 0 Å². The van der Waals surface area contributed by atoms with Crippen LogP contribution in [0.3, 0.4) is 0 Å². The van der Waals surface area contributed by atoms with Crippen molar-refractivity contribution >= 4 is 34.9 Å². The normalized spacial score (nSPS) is 17.4. The third-order valence-electron chi connectivity index (χ3n) is 6.33. The molecule has 0 saturated carbocycles. The molecule has 0 aliphatic carbocycles. The molecule has 1 aromatic heterocycles. The highest BCUT2D eigenvalue weighted by atomic mass is 19.1. The Hall–Kier alpha value is -3.78. The number of aromatic nitrogens is 2. The number of benzene rings is 2. The second kappa shape index (κ2) is 7.97. The first-order valence-electron chi connectivity index (χ1n) is 11.2. The van der Waals surface area contributed by atoms with Crippen molar-refractivity contribution in [2.75, 3.05) is 54.8 Å². The first kappa shape index (κ1) is 19.9. The van der Waals surface area contributed by atoms with Crippen molar-refractivity contribution in [1.82, 2.24) is 15.3 Å². The lowest BCUT2D eigenvalue weighted by atomic mass is 9.95. The molecule has 3 N–H and O–H groups in total. The SMILES string of the molecule is Nc1nc(-c2ccc(N3CCNCC3)c(F)c2)c2c(n1)N1CCN=C1C(c1ccccc1)=C2. The van der Waals surface area contributed by atoms with Crippen LogP contribution in [0.1, 0.15) is 11.1 Å². The Morgan fingerprint density at radius 2 is 1.76 bits per heavy atom. The molecule has 1 fully saturated rings. The Kier molecular flexibility index (Phi) is 4.80. The van der Waals surface area contributed by atoms with E-state index in [0.29, 0.717) is 23.5 Å². The van der Waals surface area contributed by atoms with Gasteiger partial charge in [-0.2, -0.15) is 4.98 Å². The van der Waals surface area contributed by atoms with Crippen LogP contribution in [-0.2, 0) is 0 Å². The molecule has 0 radical (unpaired) electrons. The molecule has 6 rings (SSSR count). The summed E-state index contributed by atoms with van der Waals surface area (Å²) in [5.74, 6) is 1.52. The summed E-state index contributed by atoms with van der Waals surface area (Å²) < 4.78 is 15.2. The predicted octanol–water partition coefficient (Wildman–Crippen LogP) is 3.05. The molecule has 7 nitrogen and oxygen atoms in total. The molecule has 8 heteroatoms. The number of hydrogen-bond acceptors (Lipinski definition) is 7. The summed E-state index contributed by atoms with van der Waals surface area (Å²) in [5, 5.41) is 3.30. The van der Waals surface area contributed by atoms with Crippen LogP contribution >= 0.6 is 0 Å². The van der Waals surface area contributed by atoms with Crippen molar-refractivity contribution in [3.05, 3.63) is 65.5 Å². The Balaban J connectivity index is 1.49. The molecular formula is C25H24FN7. The Morgan fingerprint density at radius 1 is 0.939 bits per heavy atom. The highest BCUT2D eigenvalue weighted by Crippen LogP contribution is 2.40. The number of piperazine rings is 1. The summed E-state index contributed by atoms with van der Waals surface area (Å²) in [6.07, 6.45) is 2.06. The largest absolute Gasteiger partial charge is 0.368 e. The lowest BCUT2D eigenvalue weighted by molar-refractivity contribution is 0.566. The van der Waals surface area contributed by atoms with E-state index in [-0.39, 0.29) is 11.8 Å². The van der Waals surface area contributed by atoms with Gasteiger partial charge in [0.1, 0.15) is 17.5 Å². The minimum absolute atomic E-state index is 0.165. The molecule has 33 heavy (non-hydrogen) atoms. The maximum atomic E-state index is 15.2. The lowest BCUT2D eigenvalue weighted by Crippen LogP contribution is -2.43. The number of hydrogen-bond donors (Lipinski definition) is 2. The zero-order valence-corrected chi connectivity index (χ0v) is 18.1. The van der Waals surface area contributed by atoms with Crippen LogP contribution in [0.4, 0.5) is 21.8 Å². The number of fused-ring (bicyclic) bond motifs is 3. The van der Waals surface area contributed by atoms with Crippen molar-refractivity contribution in [2.45, 2.75) is 0 Å². The van der Waals surface area contributed by atoms with Crippen LogP contribution in [0.25, 0.3) is 22.9 Å². The number of rotatable bonds is 3. The molecule has 0 unspecified atom stereocenters. The molecule has 4 heterocycles. The van der Waals surface area contributed by atoms with Gasteiger partial charge in [0.05, 0.1) is 17.9 Å². The van der Waals surface area contributed by atoms with Crippen LogP contribution in [-0.4, -0.2) is 55.1 Å². The van der Waals surface area contributed by atoms with Gasteiger partial charge < -0.3 is 20.9 Å². The fourth-order valence-electron chi connectivity index (χ4n) is 4.77. The minimum Gasteiger partial charge on any atom is -0.368 e. The maximum absolute atomic E-state index is 15.2. The van der Waals surface area contributed by atoms with E-state index in [1.165, 1.54) is 0 Å². The molecule has 3 aliphatic rings. The summed E-state index contributed by atoms with van der Waals surface area (Å²) in [7, 11) is 0. The zero-order chi connectivity index (χ0) is 22.4. The first-order chi connectivity index (χ1) is 16.2. The molecule has 0 amide bonds. The highest BCUT2D eigenvalue weighted by Gasteiger charge is 2.32. The topological polar surface area (TPSA) is 82.7 Å². The van der Waals surface area contributed by atoms with Gasteiger partial charge in [-0.1, -0.05) is 36.4 Å². The molecule has 0 atom stereocenters. The second-order valence-corrected chi connectivity index (χ2v) is 8.35. The Morgan fingerprint density at radius 3 is 2.55 bits per heavy atom. The molecule has 1 saturated heterocycles. The van der Waals surface area contributed by atoms with E-state index in [1.54, 1.807) is 6.07 Å². The van der Waals surface area contributed by atoms with Crippen molar-refractivity contribution in [2.24, 2.45) is 4.99 Å². The summed E-state index contributed by atoms with van der Waals surface area (Å²) in [4.78, 5) is 18.0. The third kappa shape index (κ3) is 3.43. The quantitative estimate of drug-likeness (QED) is 0.650. The fourth-order valence-corrected chi connectivity index (χ4v) is 4.77. The fraction of sp³-hybridized carbons (Fsp3) is 0.240. The van der Waals surface area contributed by atoms with Crippen molar-refractivity contribution in [3.8, 4) is 11.3 Å². The number of nitrogen functional groups attached to an aromatic ring is 1. The monoisotopic (exact) mass is 441 g/mol. The van der Waals surface area contributed by atoms with Gasteiger partial charge in [0, 0.05) is 49.4 Å². The van der Waals surface area contributed by atoms with Gasteiger partial charge in [0.25, 0.3) is 0 Å². The van der Waals surface area contributed by atoms with Crippen LogP contribution in [0.2, 0.25) is 0 Å². The number of anilines is 3. The van der Waals surface area contributed by atoms with Gasteiger partial charge in [0.15, 0.2) is 0 Å². The lowest BCUT2D eigenvalue weighted by Gasteiger charge is -2.30. The maximum Gasteiger partial charge on any atom is 0.222 e. The zero-order valence-electron chi connectivity index (χ0n) is 18.1. The molecule has 166 valence electrons. The second-order valence-electron chi connectivity index (χ2n) is 8.35. The molecule has 3 aliphatic heterocycles. The molecule has 0 spiro atoms. The van der Waals surface area contributed by atoms with Gasteiger partial charge in [-0.25, -0.2) is 9.37 Å². The van der Waals surface area contributed by atoms with E-state index in [9.17, 15) is 0 Å². The standard InChI is InChI=1S/C25H24FN7/c26-20-14-17(6-7-21(20)32-11-8-28-9-12-32)22-19-15-18(16-4-2-1-3-5-16)23-29-10-13-33(23)24(19)31-25(27)30-22/h1-7,14-15,28H,8-13H2,(H2,27,30,31). The highest BCUT2D eigenvalue weighted by molar-refractivity contribution is 6.36. The van der Waals surface area contributed by atoms with Crippen molar-refractivity contribution in [3.63, 3.8) is 0 Å². The van der Waals surface area contributed by atoms with Gasteiger partial charge in [0.2, 0.25) is 5.95 Å². The van der Waals surface area contributed by atoms with E-state index >= 15 is 4.39 Å². The number of nitrogens with one attached hydrogen (secondary N) is 1. The summed E-state index contributed by atoms with van der Waals surface area (Å²) in [5.41, 5.74) is 10.9. The van der Waals surface area contributed by atoms with E-state index < -0.39 is 0 Å². The summed E-state index contributed by atoms with van der Waals surface area (Å²) in [6.45, 7) is 4.68. The molecule has 2 aromatic carbocycles. The van der Waals surface area contributed by atoms with Crippen LogP contribution < -0.4 is 20.9 Å². The summed E-state index contributed by atoms with van der Waals surface area (Å²) in [6, 6.07) is 15.5. The summed E-state index contributed by atoms with van der Waals surface area (Å²) >= 11 is 0.